The largest absolute Gasteiger partial charge is 0.370 e. The van der Waals surface area contributed by atoms with E-state index in [4.69, 9.17) is 11.6 Å². The molecule has 4 nitrogen and oxygen atoms in total. The molecule has 2 rings (SSSR count). The van der Waals surface area contributed by atoms with Crippen LogP contribution in [-0.4, -0.2) is 17.4 Å². The number of nitrogens with one attached hydrogen (secondary N) is 2. The highest BCUT2D eigenvalue weighted by molar-refractivity contribution is 6.30. The zero-order chi connectivity index (χ0) is 14.4. The maximum absolute atomic E-state index is 12.0. The average molecular weight is 290 g/mol. The normalized spacial score (nSPS) is 10.1. The van der Waals surface area contributed by atoms with Crippen LogP contribution >= 0.6 is 11.6 Å². The third-order valence-corrected chi connectivity index (χ3v) is 2.90. The van der Waals surface area contributed by atoms with E-state index in [-0.39, 0.29) is 5.91 Å². The highest BCUT2D eigenvalue weighted by atomic mass is 35.5. The van der Waals surface area contributed by atoms with Gasteiger partial charge in [0.15, 0.2) is 0 Å². The van der Waals surface area contributed by atoms with Crippen molar-refractivity contribution >= 4 is 29.0 Å². The monoisotopic (exact) mass is 289 g/mol. The second kappa shape index (κ2) is 6.91. The molecule has 2 N–H and O–H groups in total. The van der Waals surface area contributed by atoms with Crippen LogP contribution in [0.4, 0.5) is 11.5 Å². The summed E-state index contributed by atoms with van der Waals surface area (Å²) < 4.78 is 0. The third-order valence-electron chi connectivity index (χ3n) is 2.66. The Kier molecular flexibility index (Phi) is 4.96. The van der Waals surface area contributed by atoms with E-state index in [0.29, 0.717) is 16.3 Å². The van der Waals surface area contributed by atoms with Crippen molar-refractivity contribution in [3.05, 3.63) is 53.2 Å². The number of hydrogen-bond acceptors (Lipinski definition) is 3. The van der Waals surface area contributed by atoms with Crippen LogP contribution in [0.25, 0.3) is 0 Å². The molecule has 0 aliphatic rings. The number of nitrogens with zero attached hydrogens (tertiary/aromatic N) is 1. The van der Waals surface area contributed by atoms with Crippen LogP contribution in [0.2, 0.25) is 5.02 Å². The summed E-state index contributed by atoms with van der Waals surface area (Å²) in [6.45, 7) is 2.95. The van der Waals surface area contributed by atoms with Gasteiger partial charge in [-0.25, -0.2) is 4.98 Å². The molecule has 0 saturated heterocycles. The van der Waals surface area contributed by atoms with Crippen LogP contribution in [0.5, 0.6) is 0 Å². The fraction of sp³-hybridized carbons (Fsp3) is 0.200. The zero-order valence-corrected chi connectivity index (χ0v) is 11.9. The quantitative estimate of drug-likeness (QED) is 0.880. The summed E-state index contributed by atoms with van der Waals surface area (Å²) in [5.41, 5.74) is 1.17. The second-order valence-corrected chi connectivity index (χ2v) is 4.76. The van der Waals surface area contributed by atoms with E-state index in [1.807, 2.05) is 0 Å². The lowest BCUT2D eigenvalue weighted by molar-refractivity contribution is 0.102. The lowest BCUT2D eigenvalue weighted by Gasteiger charge is -2.07. The molecular weight excluding hydrogens is 274 g/mol. The molecule has 0 aliphatic heterocycles. The fourth-order valence-corrected chi connectivity index (χ4v) is 1.85. The first-order chi connectivity index (χ1) is 9.69. The molecular formula is C15H16ClN3O. The highest BCUT2D eigenvalue weighted by Crippen LogP contribution is 2.16. The van der Waals surface area contributed by atoms with Gasteiger partial charge in [-0.3, -0.25) is 4.79 Å². The Morgan fingerprint density at radius 1 is 1.30 bits per heavy atom. The molecule has 0 unspecified atom stereocenters. The van der Waals surface area contributed by atoms with Gasteiger partial charge in [0.1, 0.15) is 5.82 Å². The van der Waals surface area contributed by atoms with Crippen molar-refractivity contribution in [1.82, 2.24) is 4.98 Å². The van der Waals surface area contributed by atoms with Crippen LogP contribution in [0.1, 0.15) is 23.7 Å². The van der Waals surface area contributed by atoms with E-state index < -0.39 is 0 Å². The molecule has 0 aliphatic carbocycles. The Labute approximate surface area is 123 Å². The number of carbonyl (C=O) groups excluding carboxylic acids is 1. The summed E-state index contributed by atoms with van der Waals surface area (Å²) in [5.74, 6) is 0.563. The minimum atomic E-state index is -0.207. The fourth-order valence-electron chi connectivity index (χ4n) is 1.66. The topological polar surface area (TPSA) is 54.0 Å². The summed E-state index contributed by atoms with van der Waals surface area (Å²) >= 11 is 5.87. The van der Waals surface area contributed by atoms with E-state index in [1.54, 1.807) is 42.6 Å². The van der Waals surface area contributed by atoms with Gasteiger partial charge in [0.05, 0.1) is 5.56 Å². The Hall–Kier alpha value is -2.07. The van der Waals surface area contributed by atoms with E-state index in [2.05, 4.69) is 22.5 Å². The molecule has 0 spiro atoms. The SMILES string of the molecule is CCCNc1ccc(C(=O)Nc2cccc(Cl)c2)cn1. The van der Waals surface area contributed by atoms with Crippen LogP contribution in [0.15, 0.2) is 42.6 Å². The average Bonchev–Trinajstić information content (AvgIpc) is 2.45. The van der Waals surface area contributed by atoms with Gasteiger partial charge < -0.3 is 10.6 Å². The molecule has 0 fully saturated rings. The molecule has 1 amide bonds. The van der Waals surface area contributed by atoms with Crippen molar-refractivity contribution in [2.45, 2.75) is 13.3 Å². The van der Waals surface area contributed by atoms with Crippen molar-refractivity contribution in [1.29, 1.82) is 0 Å². The van der Waals surface area contributed by atoms with E-state index in [0.717, 1.165) is 18.8 Å². The number of benzene rings is 1. The van der Waals surface area contributed by atoms with Gasteiger partial charge in [-0.05, 0) is 36.8 Å². The van der Waals surface area contributed by atoms with E-state index in [9.17, 15) is 4.79 Å². The summed E-state index contributed by atoms with van der Waals surface area (Å²) in [6.07, 6.45) is 2.58. The molecule has 0 radical (unpaired) electrons. The Balaban J connectivity index is 2.02. The van der Waals surface area contributed by atoms with Gasteiger partial charge >= 0.3 is 0 Å². The first-order valence-electron chi connectivity index (χ1n) is 6.46. The van der Waals surface area contributed by atoms with Crippen LogP contribution in [0, 0.1) is 0 Å². The minimum absolute atomic E-state index is 0.207. The number of anilines is 2. The van der Waals surface area contributed by atoms with Crippen molar-refractivity contribution in [2.75, 3.05) is 17.2 Å². The smallest absolute Gasteiger partial charge is 0.257 e. The lowest BCUT2D eigenvalue weighted by Crippen LogP contribution is -2.12. The Morgan fingerprint density at radius 3 is 2.80 bits per heavy atom. The maximum Gasteiger partial charge on any atom is 0.257 e. The van der Waals surface area contributed by atoms with Gasteiger partial charge in [0, 0.05) is 23.5 Å². The molecule has 104 valence electrons. The summed E-state index contributed by atoms with van der Waals surface area (Å²) in [5, 5.41) is 6.52. The van der Waals surface area contributed by atoms with Crippen LogP contribution in [0.3, 0.4) is 0 Å². The van der Waals surface area contributed by atoms with Crippen molar-refractivity contribution in [3.63, 3.8) is 0 Å². The van der Waals surface area contributed by atoms with Gasteiger partial charge in [-0.1, -0.05) is 24.6 Å². The Bertz CT molecular complexity index is 584. The summed E-state index contributed by atoms with van der Waals surface area (Å²) in [7, 11) is 0. The van der Waals surface area contributed by atoms with E-state index >= 15 is 0 Å². The predicted octanol–water partition coefficient (Wildman–Crippen LogP) is 3.81. The van der Waals surface area contributed by atoms with E-state index in [1.165, 1.54) is 0 Å². The molecule has 0 saturated carbocycles. The number of aromatic nitrogens is 1. The minimum Gasteiger partial charge on any atom is -0.370 e. The van der Waals surface area contributed by atoms with Gasteiger partial charge in [0.25, 0.3) is 5.91 Å². The zero-order valence-electron chi connectivity index (χ0n) is 11.2. The summed E-state index contributed by atoms with van der Waals surface area (Å²) in [4.78, 5) is 16.2. The number of hydrogen-bond donors (Lipinski definition) is 2. The van der Waals surface area contributed by atoms with Crippen molar-refractivity contribution in [2.24, 2.45) is 0 Å². The number of pyridine rings is 1. The third kappa shape index (κ3) is 3.96. The molecule has 1 aromatic heterocycles. The van der Waals surface area contributed by atoms with Crippen molar-refractivity contribution in [3.8, 4) is 0 Å². The van der Waals surface area contributed by atoms with Gasteiger partial charge in [-0.2, -0.15) is 0 Å². The van der Waals surface area contributed by atoms with Gasteiger partial charge in [0.2, 0.25) is 0 Å². The van der Waals surface area contributed by atoms with Crippen LogP contribution in [-0.2, 0) is 0 Å². The Morgan fingerprint density at radius 2 is 2.15 bits per heavy atom. The molecule has 1 heterocycles. The molecule has 0 bridgehead atoms. The standard InChI is InChI=1S/C15H16ClN3O/c1-2-8-17-14-7-6-11(10-18-14)15(20)19-13-5-3-4-12(16)9-13/h3-7,9-10H,2,8H2,1H3,(H,17,18)(H,19,20). The van der Waals surface area contributed by atoms with Gasteiger partial charge in [-0.15, -0.1) is 0 Å². The first kappa shape index (κ1) is 14.3. The molecule has 5 heteroatoms. The molecule has 20 heavy (non-hydrogen) atoms. The van der Waals surface area contributed by atoms with Crippen LogP contribution < -0.4 is 10.6 Å². The highest BCUT2D eigenvalue weighted by Gasteiger charge is 2.06. The maximum atomic E-state index is 12.0. The number of carbonyl (C=O) groups is 1. The number of halogens is 1. The summed E-state index contributed by atoms with van der Waals surface area (Å²) in [6, 6.07) is 10.6. The van der Waals surface area contributed by atoms with Crippen molar-refractivity contribution < 1.29 is 4.79 Å². The molecule has 0 atom stereocenters. The second-order valence-electron chi connectivity index (χ2n) is 4.32. The number of rotatable bonds is 5. The lowest BCUT2D eigenvalue weighted by atomic mass is 10.2. The molecule has 1 aromatic carbocycles. The predicted molar refractivity (Wildman–Crippen MR) is 82.4 cm³/mol. The first-order valence-corrected chi connectivity index (χ1v) is 6.83. The number of amides is 1. The molecule has 2 aromatic rings.